The van der Waals surface area contributed by atoms with Gasteiger partial charge in [-0.05, 0) is 206 Å². The van der Waals surface area contributed by atoms with E-state index in [-0.39, 0.29) is 27.9 Å². The number of aliphatic hydroxyl groups is 2. The van der Waals surface area contributed by atoms with E-state index in [0.717, 1.165) is 89.9 Å². The van der Waals surface area contributed by atoms with Crippen molar-refractivity contribution >= 4 is 28.2 Å². The largest absolute Gasteiger partial charge is 0.413 e. The van der Waals surface area contributed by atoms with E-state index < -0.39 is 27.8 Å². The fourth-order valence-electron chi connectivity index (χ4n) is 13.5. The zero-order valence-corrected chi connectivity index (χ0v) is 44.5. The predicted octanol–water partition coefficient (Wildman–Crippen LogP) is 14.3. The summed E-state index contributed by atoms with van der Waals surface area (Å²) < 4.78 is 13.0. The molecule has 0 radical (unpaired) electrons. The Morgan fingerprint density at radius 3 is 1.13 bits per heavy atom. The lowest BCUT2D eigenvalue weighted by atomic mass is 9.61. The summed E-state index contributed by atoms with van der Waals surface area (Å²) in [5.41, 5.74) is -0.852. The molecule has 0 aromatic heterocycles. The summed E-state index contributed by atoms with van der Waals surface area (Å²) in [6.07, 6.45) is 24.1. The predicted molar refractivity (Wildman–Crippen MR) is 258 cm³/mol. The third-order valence-corrected chi connectivity index (χ3v) is 17.9. The number of Topliss-reactive ketones (excluding diaryl/α,β-unsaturated/α-hetero) is 2. The molecule has 2 unspecified atom stereocenters. The molecule has 2 N–H and O–H groups in total. The van der Waals surface area contributed by atoms with Gasteiger partial charge in [0.25, 0.3) is 0 Å². The number of hydrogen-bond acceptors (Lipinski definition) is 6. The Morgan fingerprint density at radius 2 is 0.850 bits per heavy atom. The zero-order valence-electron chi connectivity index (χ0n) is 42.5. The monoisotopic (exact) mass is 877 g/mol. The molecule has 6 nitrogen and oxygen atoms in total. The Balaban J connectivity index is 0.000000332. The molecule has 4 saturated carbocycles. The summed E-state index contributed by atoms with van der Waals surface area (Å²) >= 11 is 0. The lowest BCUT2D eigenvalue weighted by molar-refractivity contribution is -0.131. The zero-order chi connectivity index (χ0) is 45.6. The molecular formula is C52H100O6Si2. The van der Waals surface area contributed by atoms with Crippen LogP contribution in [0.5, 0.6) is 0 Å². The van der Waals surface area contributed by atoms with Gasteiger partial charge in [0.1, 0.15) is 11.6 Å². The Hall–Kier alpha value is -0.386. The molecule has 352 valence electrons. The number of carbonyl (C=O) groups excluding carboxylic acids is 2. The summed E-state index contributed by atoms with van der Waals surface area (Å²) in [5.74, 6) is 4.33. The van der Waals surface area contributed by atoms with Crippen molar-refractivity contribution in [3.05, 3.63) is 0 Å². The van der Waals surface area contributed by atoms with Gasteiger partial charge in [0, 0.05) is 24.7 Å². The van der Waals surface area contributed by atoms with Crippen LogP contribution in [0.25, 0.3) is 0 Å². The Labute approximate surface area is 373 Å². The van der Waals surface area contributed by atoms with E-state index in [4.69, 9.17) is 8.85 Å². The first-order valence-electron chi connectivity index (χ1n) is 25.2. The minimum atomic E-state index is -1.55. The molecule has 6 atom stereocenters. The highest BCUT2D eigenvalue weighted by Gasteiger charge is 2.54. The fourth-order valence-corrected chi connectivity index (χ4v) is 17.0. The van der Waals surface area contributed by atoms with Crippen LogP contribution in [-0.4, -0.2) is 60.8 Å². The van der Waals surface area contributed by atoms with Crippen LogP contribution in [0, 0.1) is 46.3 Å². The molecule has 0 aromatic rings. The summed E-state index contributed by atoms with van der Waals surface area (Å²) in [4.78, 5) is 25.3. The fraction of sp³-hybridized carbons (Fsp3) is 0.962. The first-order chi connectivity index (χ1) is 27.3. The van der Waals surface area contributed by atoms with Crippen molar-refractivity contribution in [3.63, 3.8) is 0 Å². The van der Waals surface area contributed by atoms with Crippen molar-refractivity contribution in [1.29, 1.82) is 0 Å². The molecule has 0 aromatic carbocycles. The first kappa shape index (κ1) is 53.9. The van der Waals surface area contributed by atoms with Gasteiger partial charge in [-0.25, -0.2) is 0 Å². The molecule has 0 saturated heterocycles. The highest BCUT2D eigenvalue weighted by atomic mass is 28.4. The summed E-state index contributed by atoms with van der Waals surface area (Å²) in [6, 6.07) is 0. The highest BCUT2D eigenvalue weighted by molar-refractivity contribution is 6.70. The second-order valence-electron chi connectivity index (χ2n) is 25.8. The van der Waals surface area contributed by atoms with Crippen LogP contribution in [0.4, 0.5) is 0 Å². The molecule has 0 amide bonds. The number of fused-ring (bicyclic) bond motifs is 2. The Morgan fingerprint density at radius 1 is 0.550 bits per heavy atom. The van der Waals surface area contributed by atoms with Crippen molar-refractivity contribution in [1.82, 2.24) is 0 Å². The average Bonchev–Trinajstić information content (AvgIpc) is 3.58. The van der Waals surface area contributed by atoms with Crippen molar-refractivity contribution < 1.29 is 28.7 Å². The minimum absolute atomic E-state index is 0.0366. The highest BCUT2D eigenvalue weighted by Crippen LogP contribution is 2.59. The standard InChI is InChI=1S/C29H58O3Si2.C23H42O3/c1-27(2,31-33(6,7)8)20-12-15-23(16-13-21-28(3,4)32-34(9,10)11)24-18-19-25-26(30)17-14-22-29(24,25)5;1-21(2,25)14-6-9-17(10-7-15-22(3,4)26)18-12-13-19-20(24)11-8-16-23(18,19)5/h23-25H,12-22H2,1-11H3;17-19,25-26H,6-16H2,1-5H3/t24-,25?,29-;18-,19?,23-/m11/s1. The number of carbonyl (C=O) groups is 2. The summed E-state index contributed by atoms with van der Waals surface area (Å²) in [5, 5.41) is 20.1. The van der Waals surface area contributed by atoms with Crippen molar-refractivity contribution in [2.75, 3.05) is 0 Å². The molecule has 4 aliphatic rings. The lowest BCUT2D eigenvalue weighted by Crippen LogP contribution is -2.40. The van der Waals surface area contributed by atoms with E-state index in [2.05, 4.69) is 80.8 Å². The van der Waals surface area contributed by atoms with Gasteiger partial charge in [-0.3, -0.25) is 9.59 Å². The quantitative estimate of drug-likeness (QED) is 0.105. The second-order valence-corrected chi connectivity index (χ2v) is 34.6. The molecule has 4 aliphatic carbocycles. The molecule has 0 spiro atoms. The average molecular weight is 878 g/mol. The smallest absolute Gasteiger partial charge is 0.184 e. The van der Waals surface area contributed by atoms with E-state index in [1.165, 1.54) is 51.4 Å². The van der Waals surface area contributed by atoms with Crippen LogP contribution >= 0.6 is 0 Å². The van der Waals surface area contributed by atoms with Crippen LogP contribution in [0.15, 0.2) is 0 Å². The van der Waals surface area contributed by atoms with Crippen molar-refractivity contribution in [3.8, 4) is 0 Å². The second kappa shape index (κ2) is 21.3. The van der Waals surface area contributed by atoms with Gasteiger partial charge in [-0.2, -0.15) is 0 Å². The van der Waals surface area contributed by atoms with Crippen LogP contribution in [0.1, 0.15) is 210 Å². The third-order valence-electron chi connectivity index (χ3n) is 15.6. The molecule has 4 rings (SSSR count). The van der Waals surface area contributed by atoms with Gasteiger partial charge in [-0.1, -0.05) is 65.2 Å². The van der Waals surface area contributed by atoms with Gasteiger partial charge >= 0.3 is 0 Å². The van der Waals surface area contributed by atoms with E-state index in [0.29, 0.717) is 41.2 Å². The maximum Gasteiger partial charge on any atom is 0.184 e. The Kier molecular flexibility index (Phi) is 19.1. The Bertz CT molecular complexity index is 1290. The van der Waals surface area contributed by atoms with E-state index in [9.17, 15) is 19.8 Å². The van der Waals surface area contributed by atoms with Crippen LogP contribution < -0.4 is 0 Å². The van der Waals surface area contributed by atoms with E-state index >= 15 is 0 Å². The SMILES string of the molecule is CC(C)(CCCC(CCCC(C)(C)O[Si](C)(C)C)[C@H]1CCC2C(=O)CCC[C@@]21C)O[Si](C)(C)C.CC(C)(O)CCCC(CCCC(C)(C)O)[C@H]1CCC2C(=O)CCC[C@@]21C. The third kappa shape index (κ3) is 17.2. The van der Waals surface area contributed by atoms with E-state index in [1.54, 1.807) is 0 Å². The molecule has 60 heavy (non-hydrogen) atoms. The van der Waals surface area contributed by atoms with Gasteiger partial charge in [0.05, 0.1) is 22.4 Å². The molecule has 4 fully saturated rings. The number of ketones is 2. The van der Waals surface area contributed by atoms with Gasteiger partial charge in [0.15, 0.2) is 16.6 Å². The van der Waals surface area contributed by atoms with Crippen molar-refractivity contribution in [2.45, 2.75) is 272 Å². The number of rotatable bonds is 22. The van der Waals surface area contributed by atoms with Gasteiger partial charge in [-0.15, -0.1) is 0 Å². The maximum atomic E-state index is 12.8. The first-order valence-corrected chi connectivity index (χ1v) is 32.0. The normalized spacial score (nSPS) is 28.3. The summed E-state index contributed by atoms with van der Waals surface area (Å²) in [6.45, 7) is 35.3. The van der Waals surface area contributed by atoms with Crippen LogP contribution in [-0.2, 0) is 18.4 Å². The van der Waals surface area contributed by atoms with Gasteiger partial charge in [0.2, 0.25) is 0 Å². The maximum absolute atomic E-state index is 12.8. The number of hydrogen-bond donors (Lipinski definition) is 2. The van der Waals surface area contributed by atoms with E-state index in [1.807, 2.05) is 27.7 Å². The van der Waals surface area contributed by atoms with Crippen LogP contribution in [0.3, 0.4) is 0 Å². The molecule has 0 bridgehead atoms. The molecular weight excluding hydrogens is 777 g/mol. The minimum Gasteiger partial charge on any atom is -0.413 e. The molecule has 0 heterocycles. The lowest BCUT2D eigenvalue weighted by Gasteiger charge is -2.43. The topological polar surface area (TPSA) is 93.1 Å². The van der Waals surface area contributed by atoms with Crippen molar-refractivity contribution in [2.24, 2.45) is 46.3 Å². The summed E-state index contributed by atoms with van der Waals surface area (Å²) in [7, 11) is -3.10. The van der Waals surface area contributed by atoms with Crippen LogP contribution in [0.2, 0.25) is 39.3 Å². The molecule has 0 aliphatic heterocycles. The van der Waals surface area contributed by atoms with Gasteiger partial charge < -0.3 is 19.1 Å². The molecule has 8 heteroatoms.